The molecule has 1 aliphatic heterocycles. The number of nitrogens with one attached hydrogen (secondary N) is 2. The molecule has 0 spiro atoms. The summed E-state index contributed by atoms with van der Waals surface area (Å²) >= 11 is 0. The number of hydrogen-bond donors (Lipinski definition) is 3. The van der Waals surface area contributed by atoms with Crippen LogP contribution in [0.25, 0.3) is 5.57 Å². The summed E-state index contributed by atoms with van der Waals surface area (Å²) in [4.78, 5) is 26.2. The number of carbonyl (C=O) groups excluding carboxylic acids is 2. The van der Waals surface area contributed by atoms with Crippen LogP contribution in [-0.2, 0) is 4.79 Å². The highest BCUT2D eigenvalue weighted by Gasteiger charge is 2.51. The van der Waals surface area contributed by atoms with E-state index in [1.807, 2.05) is 13.8 Å². The first-order valence-electron chi connectivity index (χ1n) is 10.8. The number of benzene rings is 1. The number of allylic oxidation sites excluding steroid dienone is 2. The number of carbonyl (C=O) groups is 2. The van der Waals surface area contributed by atoms with Crippen molar-refractivity contribution in [2.75, 3.05) is 19.7 Å². The smallest absolute Gasteiger partial charge is 0.318 e. The molecule has 1 aromatic rings. The molecule has 3 N–H and O–H groups in total. The number of aliphatic hydroxyl groups excluding tert-OH is 1. The highest BCUT2D eigenvalue weighted by molar-refractivity contribution is 5.78. The van der Waals surface area contributed by atoms with Crippen LogP contribution in [0.2, 0.25) is 0 Å². The Morgan fingerprint density at radius 1 is 1.14 bits per heavy atom. The van der Waals surface area contributed by atoms with E-state index in [1.54, 1.807) is 4.90 Å². The molecule has 0 unspecified atom stereocenters. The van der Waals surface area contributed by atoms with Gasteiger partial charge < -0.3 is 20.6 Å². The van der Waals surface area contributed by atoms with Crippen molar-refractivity contribution in [3.05, 3.63) is 41.5 Å². The van der Waals surface area contributed by atoms with Crippen LogP contribution in [0.3, 0.4) is 0 Å². The molecule has 1 fully saturated rings. The van der Waals surface area contributed by atoms with E-state index in [0.29, 0.717) is 19.5 Å². The molecule has 1 aliphatic carbocycles. The molecule has 0 bridgehead atoms. The zero-order chi connectivity index (χ0) is 20.8. The summed E-state index contributed by atoms with van der Waals surface area (Å²) in [5.74, 6) is -0.0372. The summed E-state index contributed by atoms with van der Waals surface area (Å²) in [6.45, 7) is 4.70. The van der Waals surface area contributed by atoms with Crippen molar-refractivity contribution in [1.29, 1.82) is 0 Å². The minimum atomic E-state index is -0.285. The Bertz CT molecular complexity index is 744. The minimum Gasteiger partial charge on any atom is -0.394 e. The summed E-state index contributed by atoms with van der Waals surface area (Å²) in [5.41, 5.74) is 3.75. The van der Waals surface area contributed by atoms with Gasteiger partial charge in [0.15, 0.2) is 0 Å². The van der Waals surface area contributed by atoms with E-state index in [9.17, 15) is 14.7 Å². The van der Waals surface area contributed by atoms with Gasteiger partial charge in [0.05, 0.1) is 18.7 Å². The zero-order valence-electron chi connectivity index (χ0n) is 17.5. The SMILES string of the molecule is CCCNC(=O)N1[C@H](CO)[C@@H](c2ccc(C3=CCCC3)cc2)[C@@H]1CNC(=O)CC. The highest BCUT2D eigenvalue weighted by Crippen LogP contribution is 2.41. The lowest BCUT2D eigenvalue weighted by Crippen LogP contribution is -2.70. The van der Waals surface area contributed by atoms with Crippen molar-refractivity contribution in [3.63, 3.8) is 0 Å². The fourth-order valence-corrected chi connectivity index (χ4v) is 4.44. The first kappa shape index (κ1) is 21.4. The molecule has 1 heterocycles. The van der Waals surface area contributed by atoms with Gasteiger partial charge in [0.2, 0.25) is 5.91 Å². The molecule has 0 radical (unpaired) electrons. The first-order chi connectivity index (χ1) is 14.1. The van der Waals surface area contributed by atoms with Crippen LogP contribution >= 0.6 is 0 Å². The fraction of sp³-hybridized carbons (Fsp3) is 0.565. The Labute approximate surface area is 173 Å². The second kappa shape index (κ2) is 9.92. The Morgan fingerprint density at radius 2 is 1.90 bits per heavy atom. The van der Waals surface area contributed by atoms with Gasteiger partial charge in [-0.2, -0.15) is 0 Å². The van der Waals surface area contributed by atoms with Crippen molar-refractivity contribution in [2.45, 2.75) is 64.0 Å². The zero-order valence-corrected chi connectivity index (χ0v) is 17.5. The predicted octanol–water partition coefficient (Wildman–Crippen LogP) is 3.03. The van der Waals surface area contributed by atoms with Crippen LogP contribution < -0.4 is 10.6 Å². The lowest BCUT2D eigenvalue weighted by Gasteiger charge is -2.54. The molecule has 29 heavy (non-hydrogen) atoms. The molecule has 1 aromatic carbocycles. The third-order valence-corrected chi connectivity index (χ3v) is 6.03. The monoisotopic (exact) mass is 399 g/mol. The second-order valence-electron chi connectivity index (χ2n) is 7.88. The summed E-state index contributed by atoms with van der Waals surface area (Å²) < 4.78 is 0. The van der Waals surface area contributed by atoms with Gasteiger partial charge in [0, 0.05) is 25.4 Å². The van der Waals surface area contributed by atoms with Crippen LogP contribution in [0.4, 0.5) is 4.79 Å². The Balaban J connectivity index is 1.79. The van der Waals surface area contributed by atoms with Crippen molar-refractivity contribution in [1.82, 2.24) is 15.5 Å². The molecule has 1 saturated heterocycles. The number of hydrogen-bond acceptors (Lipinski definition) is 3. The number of nitrogens with zero attached hydrogens (tertiary/aromatic N) is 1. The predicted molar refractivity (Wildman–Crippen MR) is 115 cm³/mol. The maximum atomic E-state index is 12.7. The minimum absolute atomic E-state index is 0.00357. The van der Waals surface area contributed by atoms with Gasteiger partial charge in [0.1, 0.15) is 0 Å². The normalized spacial score (nSPS) is 23.3. The number of amides is 3. The van der Waals surface area contributed by atoms with E-state index in [2.05, 4.69) is 41.0 Å². The van der Waals surface area contributed by atoms with E-state index in [1.165, 1.54) is 17.6 Å². The average Bonchev–Trinajstić information content (AvgIpc) is 3.26. The molecule has 6 heteroatoms. The Hall–Kier alpha value is -2.34. The van der Waals surface area contributed by atoms with Gasteiger partial charge in [-0.05, 0) is 42.4 Å². The summed E-state index contributed by atoms with van der Waals surface area (Å²) in [7, 11) is 0. The molecule has 2 aliphatic rings. The molecule has 158 valence electrons. The summed E-state index contributed by atoms with van der Waals surface area (Å²) in [5, 5.41) is 15.8. The topological polar surface area (TPSA) is 81.7 Å². The van der Waals surface area contributed by atoms with Gasteiger partial charge in [-0.3, -0.25) is 4.79 Å². The van der Waals surface area contributed by atoms with E-state index in [-0.39, 0.29) is 36.5 Å². The summed E-state index contributed by atoms with van der Waals surface area (Å²) in [6, 6.07) is 7.87. The van der Waals surface area contributed by atoms with Gasteiger partial charge in [-0.1, -0.05) is 44.2 Å². The third kappa shape index (κ3) is 4.64. The average molecular weight is 400 g/mol. The quantitative estimate of drug-likeness (QED) is 0.628. The molecule has 0 aromatic heterocycles. The van der Waals surface area contributed by atoms with Crippen LogP contribution in [0.1, 0.15) is 63.0 Å². The van der Waals surface area contributed by atoms with Gasteiger partial charge >= 0.3 is 6.03 Å². The van der Waals surface area contributed by atoms with E-state index in [0.717, 1.165) is 24.8 Å². The third-order valence-electron chi connectivity index (χ3n) is 6.03. The maximum Gasteiger partial charge on any atom is 0.318 e. The molecule has 3 amide bonds. The van der Waals surface area contributed by atoms with Gasteiger partial charge in [0.25, 0.3) is 0 Å². The van der Waals surface area contributed by atoms with Gasteiger partial charge in [-0.25, -0.2) is 4.79 Å². The Kier molecular flexibility index (Phi) is 7.31. The number of likely N-dealkylation sites (tertiary alicyclic amines) is 1. The standard InChI is InChI=1S/C23H33N3O3/c1-3-13-24-23(29)26-19(14-25-21(28)4-2)22(20(26)15-27)18-11-9-17(10-12-18)16-7-5-6-8-16/h7,9-12,19-20,22,27H,3-6,8,13-15H2,1-2H3,(H,24,29)(H,25,28)/t19-,20+,22-/m0/s1. The van der Waals surface area contributed by atoms with E-state index >= 15 is 0 Å². The second-order valence-corrected chi connectivity index (χ2v) is 7.88. The van der Waals surface area contributed by atoms with Crippen LogP contribution in [0, 0.1) is 0 Å². The van der Waals surface area contributed by atoms with Crippen LogP contribution in [0.15, 0.2) is 30.3 Å². The maximum absolute atomic E-state index is 12.7. The van der Waals surface area contributed by atoms with Crippen molar-refractivity contribution in [2.24, 2.45) is 0 Å². The molecule has 6 nitrogen and oxygen atoms in total. The number of aliphatic hydroxyl groups is 1. The van der Waals surface area contributed by atoms with E-state index < -0.39 is 0 Å². The van der Waals surface area contributed by atoms with Crippen molar-refractivity contribution < 1.29 is 14.7 Å². The number of urea groups is 1. The highest BCUT2D eigenvalue weighted by atomic mass is 16.3. The molecular formula is C23H33N3O3. The van der Waals surface area contributed by atoms with Crippen LogP contribution in [-0.4, -0.2) is 53.7 Å². The molecular weight excluding hydrogens is 366 g/mol. The Morgan fingerprint density at radius 3 is 2.48 bits per heavy atom. The largest absolute Gasteiger partial charge is 0.394 e. The lowest BCUT2D eigenvalue weighted by atomic mass is 9.75. The number of rotatable bonds is 8. The molecule has 0 saturated carbocycles. The van der Waals surface area contributed by atoms with Gasteiger partial charge in [-0.15, -0.1) is 0 Å². The van der Waals surface area contributed by atoms with E-state index in [4.69, 9.17) is 0 Å². The fourth-order valence-electron chi connectivity index (χ4n) is 4.44. The molecule has 3 atom stereocenters. The summed E-state index contributed by atoms with van der Waals surface area (Å²) in [6.07, 6.45) is 7.05. The first-order valence-corrected chi connectivity index (χ1v) is 10.8. The van der Waals surface area contributed by atoms with Crippen molar-refractivity contribution in [3.8, 4) is 0 Å². The molecule has 3 rings (SSSR count). The lowest BCUT2D eigenvalue weighted by molar-refractivity contribution is -0.121. The van der Waals surface area contributed by atoms with Crippen LogP contribution in [0.5, 0.6) is 0 Å². The van der Waals surface area contributed by atoms with Crippen molar-refractivity contribution >= 4 is 17.5 Å².